The van der Waals surface area contributed by atoms with Crippen LogP contribution in [0.25, 0.3) is 0 Å². The molecule has 0 spiro atoms. The highest BCUT2D eigenvalue weighted by molar-refractivity contribution is 5.19. The predicted octanol–water partition coefficient (Wildman–Crippen LogP) is 3.52. The Morgan fingerprint density at radius 1 is 1.33 bits per heavy atom. The van der Waals surface area contributed by atoms with Gasteiger partial charge in [-0.2, -0.15) is 0 Å². The molecule has 1 N–H and O–H groups in total. The Bertz CT molecular complexity index is 315. The van der Waals surface area contributed by atoms with E-state index in [1.165, 1.54) is 6.07 Å². The zero-order chi connectivity index (χ0) is 11.5. The maximum absolute atomic E-state index is 13.0. The zero-order valence-electron chi connectivity index (χ0n) is 9.97. The van der Waals surface area contributed by atoms with Crippen molar-refractivity contribution in [2.45, 2.75) is 33.7 Å². The number of halogens is 1. The second kappa shape index (κ2) is 4.75. The molecule has 0 aliphatic rings. The maximum Gasteiger partial charge on any atom is 0.123 e. The summed E-state index contributed by atoms with van der Waals surface area (Å²) < 4.78 is 13.0. The molecule has 0 fully saturated rings. The zero-order valence-corrected chi connectivity index (χ0v) is 9.97. The first-order valence-corrected chi connectivity index (χ1v) is 5.37. The number of hydrogen-bond donors (Lipinski definition) is 1. The molecule has 0 amide bonds. The first-order chi connectivity index (χ1) is 6.88. The van der Waals surface area contributed by atoms with Crippen LogP contribution in [0.15, 0.2) is 24.3 Å². The molecule has 0 radical (unpaired) electrons. The summed E-state index contributed by atoms with van der Waals surface area (Å²) in [6.45, 7) is 9.51. The lowest BCUT2D eigenvalue weighted by Crippen LogP contribution is -2.29. The van der Waals surface area contributed by atoms with Gasteiger partial charge in [0.2, 0.25) is 0 Å². The van der Waals surface area contributed by atoms with Gasteiger partial charge in [0.25, 0.3) is 0 Å². The van der Waals surface area contributed by atoms with E-state index in [1.54, 1.807) is 12.1 Å². The third-order valence-electron chi connectivity index (χ3n) is 2.29. The van der Waals surface area contributed by atoms with Crippen LogP contribution in [0.1, 0.15) is 39.3 Å². The lowest BCUT2D eigenvalue weighted by Gasteiger charge is -2.22. The van der Waals surface area contributed by atoms with E-state index >= 15 is 0 Å². The van der Waals surface area contributed by atoms with Crippen LogP contribution in [0.4, 0.5) is 4.39 Å². The van der Waals surface area contributed by atoms with E-state index in [9.17, 15) is 4.39 Å². The molecular weight excluding hydrogens is 189 g/mol. The second-order valence-corrected chi connectivity index (χ2v) is 5.22. The second-order valence-electron chi connectivity index (χ2n) is 5.22. The van der Waals surface area contributed by atoms with E-state index in [1.807, 2.05) is 6.07 Å². The van der Waals surface area contributed by atoms with Crippen LogP contribution in [0, 0.1) is 11.2 Å². The van der Waals surface area contributed by atoms with Gasteiger partial charge in [-0.05, 0) is 30.0 Å². The van der Waals surface area contributed by atoms with Gasteiger partial charge in [0.05, 0.1) is 0 Å². The van der Waals surface area contributed by atoms with Crippen molar-refractivity contribution < 1.29 is 4.39 Å². The molecule has 2 heteroatoms. The van der Waals surface area contributed by atoms with Crippen LogP contribution in [-0.4, -0.2) is 6.54 Å². The minimum atomic E-state index is -0.170. The highest BCUT2D eigenvalue weighted by atomic mass is 19.1. The van der Waals surface area contributed by atoms with Crippen molar-refractivity contribution in [3.05, 3.63) is 35.6 Å². The lowest BCUT2D eigenvalue weighted by molar-refractivity contribution is 0.359. The van der Waals surface area contributed by atoms with E-state index in [0.29, 0.717) is 0 Å². The van der Waals surface area contributed by atoms with Crippen molar-refractivity contribution in [3.8, 4) is 0 Å². The van der Waals surface area contributed by atoms with Crippen molar-refractivity contribution >= 4 is 0 Å². The fourth-order valence-electron chi connectivity index (χ4n) is 1.35. The molecule has 0 aromatic heterocycles. The van der Waals surface area contributed by atoms with Crippen molar-refractivity contribution in [3.63, 3.8) is 0 Å². The summed E-state index contributed by atoms with van der Waals surface area (Å²) in [5.41, 5.74) is 1.25. The molecule has 15 heavy (non-hydrogen) atoms. The summed E-state index contributed by atoms with van der Waals surface area (Å²) in [7, 11) is 0. The SMILES string of the molecule is C[C@@H](NCC(C)(C)C)c1cccc(F)c1. The maximum atomic E-state index is 13.0. The average molecular weight is 209 g/mol. The van der Waals surface area contributed by atoms with Crippen molar-refractivity contribution in [2.24, 2.45) is 5.41 Å². The molecule has 84 valence electrons. The molecule has 0 heterocycles. The lowest BCUT2D eigenvalue weighted by atomic mass is 9.96. The molecule has 0 bridgehead atoms. The Hall–Kier alpha value is -0.890. The highest BCUT2D eigenvalue weighted by Crippen LogP contribution is 2.16. The summed E-state index contributed by atoms with van der Waals surface area (Å²) in [6, 6.07) is 6.95. The van der Waals surface area contributed by atoms with Gasteiger partial charge in [0.15, 0.2) is 0 Å². The molecule has 0 saturated heterocycles. The standard InChI is InChI=1S/C13H20FN/c1-10(15-9-13(2,3)4)11-6-5-7-12(14)8-11/h5-8,10,15H,9H2,1-4H3/t10-/m1/s1. The number of nitrogens with one attached hydrogen (secondary N) is 1. The Morgan fingerprint density at radius 3 is 2.53 bits per heavy atom. The Kier molecular flexibility index (Phi) is 3.86. The van der Waals surface area contributed by atoms with Crippen molar-refractivity contribution in [2.75, 3.05) is 6.54 Å². The molecule has 1 nitrogen and oxygen atoms in total. The average Bonchev–Trinajstić information content (AvgIpc) is 2.13. The minimum absolute atomic E-state index is 0.170. The Morgan fingerprint density at radius 2 is 2.00 bits per heavy atom. The third kappa shape index (κ3) is 4.43. The third-order valence-corrected chi connectivity index (χ3v) is 2.29. The van der Waals surface area contributed by atoms with Gasteiger partial charge in [-0.15, -0.1) is 0 Å². The normalized spacial score (nSPS) is 13.9. The summed E-state index contributed by atoms with van der Waals surface area (Å²) in [4.78, 5) is 0. The molecule has 1 atom stereocenters. The van der Waals surface area contributed by atoms with Crippen LogP contribution < -0.4 is 5.32 Å². The monoisotopic (exact) mass is 209 g/mol. The van der Waals surface area contributed by atoms with Gasteiger partial charge in [-0.25, -0.2) is 4.39 Å². The van der Waals surface area contributed by atoms with Crippen molar-refractivity contribution in [1.29, 1.82) is 0 Å². The first kappa shape index (κ1) is 12.2. The van der Waals surface area contributed by atoms with Gasteiger partial charge in [0.1, 0.15) is 5.82 Å². The molecular formula is C13H20FN. The van der Waals surface area contributed by atoms with Gasteiger partial charge in [-0.1, -0.05) is 32.9 Å². The van der Waals surface area contributed by atoms with Gasteiger partial charge >= 0.3 is 0 Å². The van der Waals surface area contributed by atoms with Crippen LogP contribution >= 0.6 is 0 Å². The predicted molar refractivity (Wildman–Crippen MR) is 62.3 cm³/mol. The first-order valence-electron chi connectivity index (χ1n) is 5.37. The van der Waals surface area contributed by atoms with Crippen LogP contribution in [0.2, 0.25) is 0 Å². The molecule has 0 aliphatic carbocycles. The van der Waals surface area contributed by atoms with Crippen molar-refractivity contribution in [1.82, 2.24) is 5.32 Å². The van der Waals surface area contributed by atoms with Gasteiger partial charge in [0, 0.05) is 12.6 Å². The fourth-order valence-corrected chi connectivity index (χ4v) is 1.35. The van der Waals surface area contributed by atoms with Crippen LogP contribution in [-0.2, 0) is 0 Å². The molecule has 0 saturated carbocycles. The summed E-state index contributed by atoms with van der Waals surface area (Å²) in [6.07, 6.45) is 0. The van der Waals surface area contributed by atoms with E-state index in [0.717, 1.165) is 12.1 Å². The minimum Gasteiger partial charge on any atom is -0.310 e. The molecule has 1 aromatic carbocycles. The highest BCUT2D eigenvalue weighted by Gasteiger charge is 2.12. The van der Waals surface area contributed by atoms with Gasteiger partial charge in [-0.3, -0.25) is 0 Å². The van der Waals surface area contributed by atoms with Crippen LogP contribution in [0.3, 0.4) is 0 Å². The van der Waals surface area contributed by atoms with Crippen LogP contribution in [0.5, 0.6) is 0 Å². The Balaban J connectivity index is 2.58. The Labute approximate surface area is 91.7 Å². The van der Waals surface area contributed by atoms with E-state index in [-0.39, 0.29) is 17.3 Å². The van der Waals surface area contributed by atoms with E-state index in [2.05, 4.69) is 33.0 Å². The summed E-state index contributed by atoms with van der Waals surface area (Å²) >= 11 is 0. The molecule has 1 rings (SSSR count). The number of hydrogen-bond acceptors (Lipinski definition) is 1. The van der Waals surface area contributed by atoms with Gasteiger partial charge < -0.3 is 5.32 Å². The van der Waals surface area contributed by atoms with E-state index < -0.39 is 0 Å². The van der Waals surface area contributed by atoms with E-state index in [4.69, 9.17) is 0 Å². The number of benzene rings is 1. The number of rotatable bonds is 3. The topological polar surface area (TPSA) is 12.0 Å². The smallest absolute Gasteiger partial charge is 0.123 e. The summed E-state index contributed by atoms with van der Waals surface area (Å²) in [5.74, 6) is -0.170. The summed E-state index contributed by atoms with van der Waals surface area (Å²) in [5, 5.41) is 3.40. The molecule has 0 aliphatic heterocycles. The fraction of sp³-hybridized carbons (Fsp3) is 0.538. The molecule has 0 unspecified atom stereocenters. The largest absolute Gasteiger partial charge is 0.310 e. The quantitative estimate of drug-likeness (QED) is 0.803. The molecule has 1 aromatic rings.